The Morgan fingerprint density at radius 3 is 2.82 bits per heavy atom. The Bertz CT molecular complexity index is 292. The van der Waals surface area contributed by atoms with Crippen molar-refractivity contribution in [3.05, 3.63) is 39.9 Å². The topological polar surface area (TPSA) is 0 Å². The summed E-state index contributed by atoms with van der Waals surface area (Å²) in [5, 5.41) is 0. The number of hydrogen-bond donors (Lipinski definition) is 0. The van der Waals surface area contributed by atoms with E-state index in [1.807, 2.05) is 0 Å². The first kappa shape index (κ1) is 9.13. The Hall–Kier alpha value is 0.0374. The van der Waals surface area contributed by atoms with Gasteiger partial charge >= 0.3 is 0 Å². The van der Waals surface area contributed by atoms with Crippen molar-refractivity contribution in [1.82, 2.24) is 0 Å². The van der Waals surface area contributed by atoms with Crippen molar-refractivity contribution in [2.75, 3.05) is 0 Å². The van der Waals surface area contributed by atoms with Crippen molar-refractivity contribution in [2.45, 2.75) is 6.42 Å². The molecule has 0 spiro atoms. The van der Waals surface area contributed by atoms with Crippen LogP contribution in [0.1, 0.15) is 11.1 Å². The van der Waals surface area contributed by atoms with Crippen LogP contribution in [-0.2, 0) is 6.42 Å². The Balaban J connectivity index is 0.000000605. The molecular weight excluding hydrogens is 195 g/mol. The largest absolute Gasteiger partial charge is 0.0795 e. The van der Waals surface area contributed by atoms with Gasteiger partial charge in [-0.05, 0) is 23.6 Å². The van der Waals surface area contributed by atoms with Gasteiger partial charge in [0, 0.05) is 23.3 Å². The fourth-order valence-electron chi connectivity index (χ4n) is 1.25. The second-order valence-corrected chi connectivity index (χ2v) is 3.27. The molecule has 0 unspecified atom stereocenters. The van der Waals surface area contributed by atoms with E-state index in [-0.39, 0.29) is 18.9 Å². The summed E-state index contributed by atoms with van der Waals surface area (Å²) in [6.45, 7) is 0. The van der Waals surface area contributed by atoms with Crippen molar-refractivity contribution in [2.24, 2.45) is 0 Å². The third kappa shape index (κ3) is 1.61. The van der Waals surface area contributed by atoms with Gasteiger partial charge in [-0.15, -0.1) is 0 Å². The molecule has 1 aromatic carbocycles. The van der Waals surface area contributed by atoms with Gasteiger partial charge < -0.3 is 0 Å². The molecule has 0 bridgehead atoms. The zero-order chi connectivity index (χ0) is 6.97. The van der Waals surface area contributed by atoms with Gasteiger partial charge in [0.2, 0.25) is 0 Å². The Morgan fingerprint density at radius 2 is 2.09 bits per heavy atom. The third-order valence-electron chi connectivity index (χ3n) is 1.77. The van der Waals surface area contributed by atoms with Crippen LogP contribution in [0.3, 0.4) is 0 Å². The molecule has 1 radical (unpaired) electrons. The van der Waals surface area contributed by atoms with Gasteiger partial charge in [0.15, 0.2) is 0 Å². The first-order valence-electron chi connectivity index (χ1n) is 3.32. The molecular formula is C9H7BrLi. The summed E-state index contributed by atoms with van der Waals surface area (Å²) in [6, 6.07) is 6.32. The summed E-state index contributed by atoms with van der Waals surface area (Å²) in [6.07, 6.45) is 5.45. The van der Waals surface area contributed by atoms with Gasteiger partial charge in [-0.25, -0.2) is 0 Å². The van der Waals surface area contributed by atoms with Crippen LogP contribution in [-0.4, -0.2) is 18.9 Å². The first-order valence-corrected chi connectivity index (χ1v) is 4.11. The number of halogens is 1. The molecule has 2 heteroatoms. The van der Waals surface area contributed by atoms with Crippen molar-refractivity contribution >= 4 is 40.9 Å². The molecule has 0 saturated carbocycles. The summed E-state index contributed by atoms with van der Waals surface area (Å²) >= 11 is 3.50. The molecule has 0 atom stereocenters. The fourth-order valence-corrected chi connectivity index (χ4v) is 1.79. The van der Waals surface area contributed by atoms with Gasteiger partial charge in [0.05, 0.1) is 0 Å². The van der Waals surface area contributed by atoms with Crippen LogP contribution >= 0.6 is 15.9 Å². The van der Waals surface area contributed by atoms with Crippen LogP contribution in [0.4, 0.5) is 0 Å². The Kier molecular flexibility index (Phi) is 3.01. The number of hydrogen-bond acceptors (Lipinski definition) is 0. The summed E-state index contributed by atoms with van der Waals surface area (Å²) in [4.78, 5) is 0. The second kappa shape index (κ2) is 3.63. The zero-order valence-electron chi connectivity index (χ0n) is 6.47. The average molecular weight is 202 g/mol. The van der Waals surface area contributed by atoms with Crippen molar-refractivity contribution in [1.29, 1.82) is 0 Å². The summed E-state index contributed by atoms with van der Waals surface area (Å²) in [5.74, 6) is 0. The van der Waals surface area contributed by atoms with Crippen molar-refractivity contribution in [3.8, 4) is 0 Å². The monoisotopic (exact) mass is 201 g/mol. The number of benzene rings is 1. The standard InChI is InChI=1S/C9H7Br.Li/c10-9-6-2-4-7-3-1-5-8(7)9;/h1-2,4-6H,3H2;. The third-order valence-corrected chi connectivity index (χ3v) is 2.46. The molecule has 0 nitrogen and oxygen atoms in total. The summed E-state index contributed by atoms with van der Waals surface area (Å²) in [7, 11) is 0. The minimum Gasteiger partial charge on any atom is -0.0795 e. The van der Waals surface area contributed by atoms with Crippen molar-refractivity contribution < 1.29 is 0 Å². The van der Waals surface area contributed by atoms with Crippen LogP contribution in [0, 0.1) is 0 Å². The number of fused-ring (bicyclic) bond motifs is 1. The Labute approximate surface area is 87.0 Å². The van der Waals surface area contributed by atoms with Crippen LogP contribution in [0.2, 0.25) is 0 Å². The fraction of sp³-hybridized carbons (Fsp3) is 0.111. The predicted octanol–water partition coefficient (Wildman–Crippen LogP) is 2.64. The molecule has 0 aromatic heterocycles. The van der Waals surface area contributed by atoms with E-state index < -0.39 is 0 Å². The van der Waals surface area contributed by atoms with Crippen LogP contribution in [0.25, 0.3) is 6.08 Å². The van der Waals surface area contributed by atoms with E-state index >= 15 is 0 Å². The maximum Gasteiger partial charge on any atom is 0.0250 e. The molecule has 0 fully saturated rings. The molecule has 51 valence electrons. The van der Waals surface area contributed by atoms with Gasteiger partial charge in [0.25, 0.3) is 0 Å². The maximum absolute atomic E-state index is 3.50. The summed E-state index contributed by atoms with van der Waals surface area (Å²) in [5.41, 5.74) is 2.77. The second-order valence-electron chi connectivity index (χ2n) is 2.42. The molecule has 0 amide bonds. The molecule has 0 aliphatic heterocycles. The van der Waals surface area contributed by atoms with Crippen LogP contribution in [0.15, 0.2) is 28.7 Å². The Morgan fingerprint density at radius 1 is 1.27 bits per heavy atom. The van der Waals surface area contributed by atoms with E-state index in [0.29, 0.717) is 0 Å². The zero-order valence-corrected chi connectivity index (χ0v) is 8.06. The predicted molar refractivity (Wildman–Crippen MR) is 52.6 cm³/mol. The SMILES string of the molecule is Brc1cccc2c1C=CC2.[Li]. The minimum absolute atomic E-state index is 0. The average Bonchev–Trinajstić information content (AvgIpc) is 2.36. The molecule has 11 heavy (non-hydrogen) atoms. The van der Waals surface area contributed by atoms with E-state index in [0.717, 1.165) is 6.42 Å². The molecule has 1 aromatic rings. The molecule has 1 aliphatic rings. The van der Waals surface area contributed by atoms with Gasteiger partial charge in [-0.2, -0.15) is 0 Å². The van der Waals surface area contributed by atoms with E-state index in [2.05, 4.69) is 46.3 Å². The van der Waals surface area contributed by atoms with Gasteiger partial charge in [0.1, 0.15) is 0 Å². The van der Waals surface area contributed by atoms with Crippen LogP contribution < -0.4 is 0 Å². The minimum atomic E-state index is 0. The van der Waals surface area contributed by atoms with Gasteiger partial charge in [-0.1, -0.05) is 40.2 Å². The maximum atomic E-state index is 3.50. The van der Waals surface area contributed by atoms with E-state index in [1.54, 1.807) is 0 Å². The van der Waals surface area contributed by atoms with Gasteiger partial charge in [-0.3, -0.25) is 0 Å². The molecule has 2 rings (SSSR count). The van der Waals surface area contributed by atoms with E-state index in [4.69, 9.17) is 0 Å². The molecule has 0 saturated heterocycles. The quantitative estimate of drug-likeness (QED) is 0.567. The molecule has 0 N–H and O–H groups in total. The number of rotatable bonds is 0. The normalized spacial score (nSPS) is 12.5. The molecule has 1 aliphatic carbocycles. The van der Waals surface area contributed by atoms with Crippen molar-refractivity contribution in [3.63, 3.8) is 0 Å². The number of allylic oxidation sites excluding steroid dienone is 1. The van der Waals surface area contributed by atoms with E-state index in [1.165, 1.54) is 15.6 Å². The summed E-state index contributed by atoms with van der Waals surface area (Å²) < 4.78 is 1.21. The first-order chi connectivity index (χ1) is 4.88. The molecule has 0 heterocycles. The van der Waals surface area contributed by atoms with Crippen LogP contribution in [0.5, 0.6) is 0 Å². The van der Waals surface area contributed by atoms with E-state index in [9.17, 15) is 0 Å². The smallest absolute Gasteiger partial charge is 0.0250 e.